The molecule has 0 amide bonds. The van der Waals surface area contributed by atoms with E-state index in [1.165, 1.54) is 30.8 Å². The summed E-state index contributed by atoms with van der Waals surface area (Å²) in [5.41, 5.74) is 3.99. The van der Waals surface area contributed by atoms with Crippen LogP contribution in [-0.4, -0.2) is 30.3 Å². The van der Waals surface area contributed by atoms with Crippen molar-refractivity contribution < 1.29 is 0 Å². The third kappa shape index (κ3) is 7.95. The lowest BCUT2D eigenvalue weighted by Crippen LogP contribution is -2.47. The van der Waals surface area contributed by atoms with E-state index in [1.54, 1.807) is 0 Å². The summed E-state index contributed by atoms with van der Waals surface area (Å²) in [7, 11) is -1.02. The first-order chi connectivity index (χ1) is 7.67. The predicted molar refractivity (Wildman–Crippen MR) is 87.5 cm³/mol. The molecule has 0 aliphatic rings. The van der Waals surface area contributed by atoms with E-state index in [2.05, 4.69) is 58.7 Å². The molecule has 1 nitrogen and oxygen atoms in total. The second-order valence-electron chi connectivity index (χ2n) is 7.09. The van der Waals surface area contributed by atoms with E-state index in [1.807, 2.05) is 0 Å². The first kappa shape index (κ1) is 17.1. The second-order valence-corrected chi connectivity index (χ2v) is 14.4. The van der Waals surface area contributed by atoms with Crippen molar-refractivity contribution in [3.8, 4) is 0 Å². The average Bonchev–Trinajstić information content (AvgIpc) is 2.13. The molecule has 0 bridgehead atoms. The summed E-state index contributed by atoms with van der Waals surface area (Å²) < 4.78 is 0. The Bertz CT molecular complexity index is 235. The maximum Gasteiger partial charge on any atom is 0.0679 e. The molecular weight excluding hydrogens is 238 g/mol. The van der Waals surface area contributed by atoms with Gasteiger partial charge in [0, 0.05) is 9.52 Å². The van der Waals surface area contributed by atoms with Crippen LogP contribution in [-0.2, 0) is 0 Å². The Morgan fingerprint density at radius 3 is 2.29 bits per heavy atom. The van der Waals surface area contributed by atoms with Gasteiger partial charge in [-0.2, -0.15) is 0 Å². The van der Waals surface area contributed by atoms with Gasteiger partial charge in [0.25, 0.3) is 0 Å². The van der Waals surface area contributed by atoms with Crippen LogP contribution < -0.4 is 5.32 Å². The van der Waals surface area contributed by atoms with Gasteiger partial charge in [0.15, 0.2) is 0 Å². The van der Waals surface area contributed by atoms with Crippen LogP contribution in [0.25, 0.3) is 0 Å². The zero-order valence-corrected chi connectivity index (χ0v) is 15.5. The lowest BCUT2D eigenvalue weighted by molar-refractivity contribution is 0.676. The van der Waals surface area contributed by atoms with Gasteiger partial charge in [-0.3, -0.25) is 0 Å². The molecule has 0 fully saturated rings. The van der Waals surface area contributed by atoms with Crippen LogP contribution >= 0.6 is 0 Å². The summed E-state index contributed by atoms with van der Waals surface area (Å²) in [6.07, 6.45) is 2.63. The molecule has 0 heterocycles. The predicted octanol–water partition coefficient (Wildman–Crippen LogP) is 3.52. The Morgan fingerprint density at radius 2 is 1.82 bits per heavy atom. The quantitative estimate of drug-likeness (QED) is 0.552. The summed E-state index contributed by atoms with van der Waals surface area (Å²) in [5.74, 6) is 0. The van der Waals surface area contributed by atoms with Gasteiger partial charge in [0.2, 0.25) is 0 Å². The number of hydrogen-bond acceptors (Lipinski definition) is 1. The molecule has 0 aromatic rings. The highest BCUT2D eigenvalue weighted by molar-refractivity contribution is 6.80. The average molecular weight is 272 g/mol. The molecule has 0 saturated carbocycles. The highest BCUT2D eigenvalue weighted by Gasteiger charge is 2.34. The van der Waals surface area contributed by atoms with Gasteiger partial charge in [-0.25, -0.2) is 0 Å². The summed E-state index contributed by atoms with van der Waals surface area (Å²) in [6, 6.07) is 1.45. The molecule has 0 rings (SSSR count). The van der Waals surface area contributed by atoms with Gasteiger partial charge in [0.05, 0.1) is 8.07 Å². The first-order valence-electron chi connectivity index (χ1n) is 7.01. The fourth-order valence-corrected chi connectivity index (χ4v) is 4.10. The monoisotopic (exact) mass is 271 g/mol. The molecule has 3 heteroatoms. The van der Waals surface area contributed by atoms with E-state index in [9.17, 15) is 0 Å². The topological polar surface area (TPSA) is 12.0 Å². The Kier molecular flexibility index (Phi) is 7.60. The second kappa shape index (κ2) is 7.54. The van der Waals surface area contributed by atoms with Crippen LogP contribution in [0.4, 0.5) is 0 Å². The fourth-order valence-electron chi connectivity index (χ4n) is 1.45. The van der Waals surface area contributed by atoms with Crippen LogP contribution in [0.1, 0.15) is 41.0 Å². The maximum absolute atomic E-state index is 3.68. The van der Waals surface area contributed by atoms with Gasteiger partial charge >= 0.3 is 0 Å². The molecule has 0 aliphatic heterocycles. The van der Waals surface area contributed by atoms with Crippen molar-refractivity contribution in [2.45, 2.75) is 65.2 Å². The normalized spacial score (nSPS) is 13.4. The SMILES string of the molecule is CC(C)=C[SiH2]CCCNC[Si](C)(C)C(C)(C)C. The molecule has 0 saturated heterocycles. The van der Waals surface area contributed by atoms with Crippen molar-refractivity contribution in [2.24, 2.45) is 0 Å². The Balaban J connectivity index is 3.62. The van der Waals surface area contributed by atoms with Crippen LogP contribution in [0.2, 0.25) is 24.2 Å². The van der Waals surface area contributed by atoms with Gasteiger partial charge < -0.3 is 5.32 Å². The van der Waals surface area contributed by atoms with E-state index >= 15 is 0 Å². The molecule has 0 aliphatic carbocycles. The number of rotatable bonds is 7. The van der Waals surface area contributed by atoms with Gasteiger partial charge in [0.1, 0.15) is 0 Å². The lowest BCUT2D eigenvalue weighted by atomic mass is 10.2. The number of hydrogen-bond donors (Lipinski definition) is 1. The Labute approximate surface area is 112 Å². The number of nitrogens with one attached hydrogen (secondary N) is 1. The van der Waals surface area contributed by atoms with Crippen molar-refractivity contribution in [3.05, 3.63) is 11.3 Å². The minimum atomic E-state index is -1.10. The smallest absolute Gasteiger partial charge is 0.0679 e. The van der Waals surface area contributed by atoms with Gasteiger partial charge in [-0.05, 0) is 38.0 Å². The van der Waals surface area contributed by atoms with E-state index in [0.717, 1.165) is 0 Å². The molecule has 0 aromatic heterocycles. The molecule has 1 N–H and O–H groups in total. The highest BCUT2D eigenvalue weighted by Crippen LogP contribution is 2.35. The molecule has 0 radical (unpaired) electrons. The Morgan fingerprint density at radius 1 is 1.24 bits per heavy atom. The van der Waals surface area contributed by atoms with E-state index in [-0.39, 0.29) is 9.52 Å². The molecule has 17 heavy (non-hydrogen) atoms. The lowest BCUT2D eigenvalue weighted by Gasteiger charge is -2.37. The van der Waals surface area contributed by atoms with Crippen LogP contribution in [0.3, 0.4) is 0 Å². The van der Waals surface area contributed by atoms with Crippen molar-refractivity contribution in [2.75, 3.05) is 12.7 Å². The van der Waals surface area contributed by atoms with Crippen molar-refractivity contribution in [3.63, 3.8) is 0 Å². The van der Waals surface area contributed by atoms with Crippen LogP contribution in [0.15, 0.2) is 11.3 Å². The van der Waals surface area contributed by atoms with Crippen LogP contribution in [0, 0.1) is 0 Å². The largest absolute Gasteiger partial charge is 0.319 e. The summed E-state index contributed by atoms with van der Waals surface area (Å²) >= 11 is 0. The third-order valence-corrected chi connectivity index (χ3v) is 11.2. The Hall–Kier alpha value is 0.134. The van der Waals surface area contributed by atoms with Crippen molar-refractivity contribution >= 4 is 17.6 Å². The third-order valence-electron chi connectivity index (χ3n) is 3.96. The molecule has 0 spiro atoms. The summed E-state index contributed by atoms with van der Waals surface area (Å²) in [5, 5.41) is 4.19. The van der Waals surface area contributed by atoms with E-state index < -0.39 is 8.07 Å². The summed E-state index contributed by atoms with van der Waals surface area (Å²) in [4.78, 5) is 0. The van der Waals surface area contributed by atoms with Crippen molar-refractivity contribution in [1.82, 2.24) is 5.32 Å². The number of allylic oxidation sites excluding steroid dienone is 1. The molecule has 0 atom stereocenters. The van der Waals surface area contributed by atoms with Gasteiger partial charge in [-0.1, -0.05) is 45.5 Å². The standard InChI is InChI=1S/C14H33NSi2/c1-13(2)11-16-10-8-9-15-12-17(6,7)14(3,4)5/h11,15H,8-10,12,16H2,1-7H3. The minimum Gasteiger partial charge on any atom is -0.319 e. The fraction of sp³-hybridized carbons (Fsp3) is 0.857. The summed E-state index contributed by atoms with van der Waals surface area (Å²) in [6.45, 7) is 17.8. The minimum absolute atomic E-state index is 0.0836. The zero-order chi connectivity index (χ0) is 13.5. The van der Waals surface area contributed by atoms with E-state index in [0.29, 0.717) is 5.04 Å². The highest BCUT2D eigenvalue weighted by atomic mass is 28.3. The van der Waals surface area contributed by atoms with Gasteiger partial charge in [-0.15, -0.1) is 5.70 Å². The zero-order valence-electron chi connectivity index (χ0n) is 13.1. The maximum atomic E-state index is 3.68. The molecular formula is C14H33NSi2. The molecule has 102 valence electrons. The van der Waals surface area contributed by atoms with Crippen LogP contribution in [0.5, 0.6) is 0 Å². The van der Waals surface area contributed by atoms with Crippen molar-refractivity contribution in [1.29, 1.82) is 0 Å². The first-order valence-corrected chi connectivity index (χ1v) is 12.0. The molecule has 0 unspecified atom stereocenters. The molecule has 0 aromatic carbocycles. The van der Waals surface area contributed by atoms with E-state index in [4.69, 9.17) is 0 Å².